The summed E-state index contributed by atoms with van der Waals surface area (Å²) in [5.41, 5.74) is 1.12. The SMILES string of the molecule is COc1ccc(CNC2CCCNC(=O)C2)cc1OC. The molecule has 1 unspecified atom stereocenters. The third-order valence-electron chi connectivity index (χ3n) is 3.53. The molecule has 1 heterocycles. The van der Waals surface area contributed by atoms with E-state index in [4.69, 9.17) is 9.47 Å². The van der Waals surface area contributed by atoms with Gasteiger partial charge in [-0.3, -0.25) is 4.79 Å². The van der Waals surface area contributed by atoms with Crippen molar-refractivity contribution in [1.29, 1.82) is 0 Å². The van der Waals surface area contributed by atoms with Gasteiger partial charge >= 0.3 is 0 Å². The summed E-state index contributed by atoms with van der Waals surface area (Å²) in [6.07, 6.45) is 2.59. The van der Waals surface area contributed by atoms with Crippen LogP contribution in [0.15, 0.2) is 18.2 Å². The Balaban J connectivity index is 1.94. The maximum atomic E-state index is 11.5. The minimum Gasteiger partial charge on any atom is -0.493 e. The van der Waals surface area contributed by atoms with Gasteiger partial charge in [0, 0.05) is 25.6 Å². The van der Waals surface area contributed by atoms with Crippen LogP contribution in [0.5, 0.6) is 11.5 Å². The molecule has 20 heavy (non-hydrogen) atoms. The number of hydrogen-bond donors (Lipinski definition) is 2. The maximum absolute atomic E-state index is 11.5. The third-order valence-corrected chi connectivity index (χ3v) is 3.53. The number of carbonyl (C=O) groups is 1. The molecule has 2 rings (SSSR count). The Bertz CT molecular complexity index is 462. The molecule has 2 N–H and O–H groups in total. The van der Waals surface area contributed by atoms with Crippen molar-refractivity contribution >= 4 is 5.91 Å². The predicted molar refractivity (Wildman–Crippen MR) is 77.0 cm³/mol. The van der Waals surface area contributed by atoms with E-state index in [2.05, 4.69) is 10.6 Å². The van der Waals surface area contributed by atoms with Crippen molar-refractivity contribution in [2.24, 2.45) is 0 Å². The summed E-state index contributed by atoms with van der Waals surface area (Å²) in [6.45, 7) is 1.51. The highest BCUT2D eigenvalue weighted by Gasteiger charge is 2.16. The minimum absolute atomic E-state index is 0.132. The van der Waals surface area contributed by atoms with Gasteiger partial charge < -0.3 is 20.1 Å². The highest BCUT2D eigenvalue weighted by atomic mass is 16.5. The van der Waals surface area contributed by atoms with Gasteiger partial charge in [-0.25, -0.2) is 0 Å². The summed E-state index contributed by atoms with van der Waals surface area (Å²) in [5, 5.41) is 6.33. The number of methoxy groups -OCH3 is 2. The van der Waals surface area contributed by atoms with E-state index in [1.807, 2.05) is 18.2 Å². The van der Waals surface area contributed by atoms with E-state index in [1.54, 1.807) is 14.2 Å². The van der Waals surface area contributed by atoms with Gasteiger partial charge in [0.25, 0.3) is 0 Å². The summed E-state index contributed by atoms with van der Waals surface area (Å²) in [5.74, 6) is 1.59. The average molecular weight is 278 g/mol. The first-order valence-electron chi connectivity index (χ1n) is 6.94. The monoisotopic (exact) mass is 278 g/mol. The molecule has 0 spiro atoms. The molecule has 110 valence electrons. The molecule has 0 bridgehead atoms. The molecule has 0 aliphatic carbocycles. The molecule has 0 aromatic heterocycles. The first-order valence-corrected chi connectivity index (χ1v) is 6.94. The average Bonchev–Trinajstić information content (AvgIpc) is 2.69. The molecule has 1 aliphatic rings. The van der Waals surface area contributed by atoms with Gasteiger partial charge in [0.1, 0.15) is 0 Å². The van der Waals surface area contributed by atoms with Crippen molar-refractivity contribution in [3.05, 3.63) is 23.8 Å². The molecule has 1 aromatic rings. The lowest BCUT2D eigenvalue weighted by molar-refractivity contribution is -0.121. The maximum Gasteiger partial charge on any atom is 0.221 e. The molecular weight excluding hydrogens is 256 g/mol. The van der Waals surface area contributed by atoms with Crippen LogP contribution >= 0.6 is 0 Å². The topological polar surface area (TPSA) is 59.6 Å². The van der Waals surface area contributed by atoms with Gasteiger partial charge in [0.15, 0.2) is 11.5 Å². The van der Waals surface area contributed by atoms with Gasteiger partial charge in [0.05, 0.1) is 14.2 Å². The molecule has 1 aromatic carbocycles. The van der Waals surface area contributed by atoms with Gasteiger partial charge in [-0.15, -0.1) is 0 Å². The lowest BCUT2D eigenvalue weighted by Crippen LogP contribution is -2.32. The van der Waals surface area contributed by atoms with Gasteiger partial charge in [-0.1, -0.05) is 6.07 Å². The van der Waals surface area contributed by atoms with Gasteiger partial charge in [-0.05, 0) is 30.5 Å². The standard InChI is InChI=1S/C15H22N2O3/c1-19-13-6-5-11(8-14(13)20-2)10-17-12-4-3-7-16-15(18)9-12/h5-6,8,12,17H,3-4,7,9-10H2,1-2H3,(H,16,18). The second kappa shape index (κ2) is 7.14. The molecule has 0 radical (unpaired) electrons. The van der Waals surface area contributed by atoms with E-state index >= 15 is 0 Å². The van der Waals surface area contributed by atoms with Crippen LogP contribution in [0.1, 0.15) is 24.8 Å². The Hall–Kier alpha value is -1.75. The fraction of sp³-hybridized carbons (Fsp3) is 0.533. The number of amides is 1. The first-order chi connectivity index (χ1) is 9.72. The van der Waals surface area contributed by atoms with Crippen molar-refractivity contribution < 1.29 is 14.3 Å². The summed E-state index contributed by atoms with van der Waals surface area (Å²) in [4.78, 5) is 11.5. The molecule has 0 saturated carbocycles. The smallest absolute Gasteiger partial charge is 0.221 e. The van der Waals surface area contributed by atoms with Gasteiger partial charge in [-0.2, -0.15) is 0 Å². The van der Waals surface area contributed by atoms with Crippen LogP contribution in [-0.4, -0.2) is 32.7 Å². The highest BCUT2D eigenvalue weighted by molar-refractivity contribution is 5.76. The summed E-state index contributed by atoms with van der Waals surface area (Å²) in [7, 11) is 3.25. The molecule has 5 nitrogen and oxygen atoms in total. The number of hydrogen-bond acceptors (Lipinski definition) is 4. The van der Waals surface area contributed by atoms with Crippen molar-refractivity contribution in [2.45, 2.75) is 31.8 Å². The lowest BCUT2D eigenvalue weighted by atomic mass is 10.1. The number of ether oxygens (including phenoxy) is 2. The fourth-order valence-corrected chi connectivity index (χ4v) is 2.40. The van der Waals surface area contributed by atoms with Crippen molar-refractivity contribution in [3.8, 4) is 11.5 Å². The van der Waals surface area contributed by atoms with E-state index in [0.29, 0.717) is 6.42 Å². The minimum atomic E-state index is 0.132. The molecule has 5 heteroatoms. The van der Waals surface area contributed by atoms with Crippen LogP contribution in [0.3, 0.4) is 0 Å². The van der Waals surface area contributed by atoms with Crippen molar-refractivity contribution in [1.82, 2.24) is 10.6 Å². The second-order valence-electron chi connectivity index (χ2n) is 4.96. The largest absolute Gasteiger partial charge is 0.493 e. The van der Waals surface area contributed by atoms with Crippen molar-refractivity contribution in [2.75, 3.05) is 20.8 Å². The zero-order valence-corrected chi connectivity index (χ0v) is 12.1. The first kappa shape index (κ1) is 14.7. The van der Waals surface area contributed by atoms with Gasteiger partial charge in [0.2, 0.25) is 5.91 Å². The summed E-state index contributed by atoms with van der Waals surface area (Å²) >= 11 is 0. The Morgan fingerprint density at radius 2 is 2.10 bits per heavy atom. The van der Waals surface area contributed by atoms with Crippen LogP contribution < -0.4 is 20.1 Å². The lowest BCUT2D eigenvalue weighted by Gasteiger charge is -2.16. The van der Waals surface area contributed by atoms with Crippen LogP contribution in [0.4, 0.5) is 0 Å². The Morgan fingerprint density at radius 3 is 2.85 bits per heavy atom. The van der Waals surface area contributed by atoms with E-state index in [0.717, 1.165) is 43.0 Å². The molecule has 1 atom stereocenters. The number of nitrogens with one attached hydrogen (secondary N) is 2. The Labute approximate surface area is 119 Å². The van der Waals surface area contributed by atoms with Crippen LogP contribution in [0.25, 0.3) is 0 Å². The van der Waals surface area contributed by atoms with E-state index in [1.165, 1.54) is 0 Å². The highest BCUT2D eigenvalue weighted by Crippen LogP contribution is 2.27. The van der Waals surface area contributed by atoms with Crippen LogP contribution in [0.2, 0.25) is 0 Å². The van der Waals surface area contributed by atoms with E-state index in [-0.39, 0.29) is 11.9 Å². The van der Waals surface area contributed by atoms with Crippen LogP contribution in [0, 0.1) is 0 Å². The number of rotatable bonds is 5. The molecule has 1 aliphatic heterocycles. The van der Waals surface area contributed by atoms with E-state index < -0.39 is 0 Å². The van der Waals surface area contributed by atoms with E-state index in [9.17, 15) is 4.79 Å². The van der Waals surface area contributed by atoms with Crippen molar-refractivity contribution in [3.63, 3.8) is 0 Å². The molecule has 1 fully saturated rings. The third kappa shape index (κ3) is 3.87. The fourth-order valence-electron chi connectivity index (χ4n) is 2.40. The second-order valence-corrected chi connectivity index (χ2v) is 4.96. The Kier molecular flexibility index (Phi) is 5.24. The molecule has 1 amide bonds. The zero-order valence-electron chi connectivity index (χ0n) is 12.1. The molecule has 1 saturated heterocycles. The molecular formula is C15H22N2O3. The Morgan fingerprint density at radius 1 is 1.30 bits per heavy atom. The summed E-state index contributed by atoms with van der Waals surface area (Å²) in [6, 6.07) is 6.11. The predicted octanol–water partition coefficient (Wildman–Crippen LogP) is 1.46. The van der Waals surface area contributed by atoms with Crippen LogP contribution in [-0.2, 0) is 11.3 Å². The zero-order chi connectivity index (χ0) is 14.4. The summed E-state index contributed by atoms with van der Waals surface area (Å²) < 4.78 is 10.5. The normalized spacial score (nSPS) is 19.1. The quantitative estimate of drug-likeness (QED) is 0.856. The number of benzene rings is 1. The number of carbonyl (C=O) groups excluding carboxylic acids is 1.